The molecule has 102 valence electrons. The lowest BCUT2D eigenvalue weighted by molar-refractivity contribution is 0.0697. The second kappa shape index (κ2) is 6.57. The van der Waals surface area contributed by atoms with Gasteiger partial charge in [0.1, 0.15) is 12.4 Å². The van der Waals surface area contributed by atoms with Crippen LogP contribution in [0.15, 0.2) is 54.6 Å². The van der Waals surface area contributed by atoms with Gasteiger partial charge in [-0.05, 0) is 30.7 Å². The molecule has 20 heavy (non-hydrogen) atoms. The summed E-state index contributed by atoms with van der Waals surface area (Å²) >= 11 is 0. The molecule has 0 amide bonds. The van der Waals surface area contributed by atoms with E-state index < -0.39 is 5.97 Å². The summed E-state index contributed by atoms with van der Waals surface area (Å²) in [5.74, 6) is -0.262. The third kappa shape index (κ3) is 3.48. The monoisotopic (exact) mass is 268 g/mol. The molecule has 0 atom stereocenters. The van der Waals surface area contributed by atoms with E-state index in [1.807, 2.05) is 49.4 Å². The molecule has 3 heteroatoms. The zero-order chi connectivity index (χ0) is 14.4. The zero-order valence-corrected chi connectivity index (χ0v) is 11.2. The van der Waals surface area contributed by atoms with Crippen molar-refractivity contribution >= 4 is 12.0 Å². The van der Waals surface area contributed by atoms with Crippen molar-refractivity contribution < 1.29 is 14.6 Å². The largest absolute Gasteiger partial charge is 0.488 e. The summed E-state index contributed by atoms with van der Waals surface area (Å²) in [4.78, 5) is 11.0. The van der Waals surface area contributed by atoms with Crippen molar-refractivity contribution in [2.45, 2.75) is 13.5 Å². The Balaban J connectivity index is 2.20. The molecule has 2 rings (SSSR count). The van der Waals surface area contributed by atoms with Gasteiger partial charge in [-0.3, -0.25) is 0 Å². The Labute approximate surface area is 118 Å². The second-order valence-electron chi connectivity index (χ2n) is 4.33. The maximum atomic E-state index is 11.0. The van der Waals surface area contributed by atoms with E-state index in [4.69, 9.17) is 9.84 Å². The predicted molar refractivity (Wildman–Crippen MR) is 78.9 cm³/mol. The fourth-order valence-electron chi connectivity index (χ4n) is 1.86. The van der Waals surface area contributed by atoms with Crippen LogP contribution in [0, 0.1) is 0 Å². The Morgan fingerprint density at radius 3 is 2.60 bits per heavy atom. The number of hydrogen-bond acceptors (Lipinski definition) is 2. The smallest absolute Gasteiger partial charge is 0.335 e. The molecule has 0 saturated carbocycles. The first kappa shape index (κ1) is 13.9. The SMILES string of the molecule is CC=Cc1cc(C(=O)O)ccc1OCc1ccccc1. The van der Waals surface area contributed by atoms with Gasteiger partial charge in [0, 0.05) is 5.56 Å². The van der Waals surface area contributed by atoms with Crippen molar-refractivity contribution in [3.8, 4) is 5.75 Å². The van der Waals surface area contributed by atoms with Crippen LogP contribution in [-0.4, -0.2) is 11.1 Å². The standard InChI is InChI=1S/C17H16O3/c1-2-6-14-11-15(17(18)19)9-10-16(14)20-12-13-7-4-3-5-8-13/h2-11H,12H2,1H3,(H,18,19). The maximum Gasteiger partial charge on any atom is 0.335 e. The fraction of sp³-hybridized carbons (Fsp3) is 0.118. The third-order valence-corrected chi connectivity index (χ3v) is 2.84. The van der Waals surface area contributed by atoms with E-state index in [-0.39, 0.29) is 5.56 Å². The minimum Gasteiger partial charge on any atom is -0.488 e. The van der Waals surface area contributed by atoms with Crippen molar-refractivity contribution in [1.29, 1.82) is 0 Å². The van der Waals surface area contributed by atoms with Crippen molar-refractivity contribution in [2.24, 2.45) is 0 Å². The van der Waals surface area contributed by atoms with Gasteiger partial charge < -0.3 is 9.84 Å². The first-order chi connectivity index (χ1) is 9.70. The first-order valence-corrected chi connectivity index (χ1v) is 6.37. The van der Waals surface area contributed by atoms with Crippen LogP contribution >= 0.6 is 0 Å². The number of benzene rings is 2. The van der Waals surface area contributed by atoms with Crippen LogP contribution in [-0.2, 0) is 6.61 Å². The summed E-state index contributed by atoms with van der Waals surface area (Å²) in [6.45, 7) is 2.34. The van der Waals surface area contributed by atoms with Crippen LogP contribution in [0.1, 0.15) is 28.4 Å². The van der Waals surface area contributed by atoms with Crippen LogP contribution in [0.25, 0.3) is 6.08 Å². The number of ether oxygens (including phenoxy) is 1. The van der Waals surface area contributed by atoms with E-state index >= 15 is 0 Å². The van der Waals surface area contributed by atoms with E-state index in [2.05, 4.69) is 0 Å². The molecule has 0 bridgehead atoms. The lowest BCUT2D eigenvalue weighted by Gasteiger charge is -2.10. The highest BCUT2D eigenvalue weighted by Crippen LogP contribution is 2.23. The molecule has 2 aromatic carbocycles. The van der Waals surface area contributed by atoms with E-state index in [9.17, 15) is 4.79 Å². The van der Waals surface area contributed by atoms with Gasteiger partial charge in [0.15, 0.2) is 0 Å². The molecule has 0 spiro atoms. The van der Waals surface area contributed by atoms with Gasteiger partial charge in [0.25, 0.3) is 0 Å². The van der Waals surface area contributed by atoms with Gasteiger partial charge in [-0.2, -0.15) is 0 Å². The van der Waals surface area contributed by atoms with Gasteiger partial charge in [-0.25, -0.2) is 4.79 Å². The summed E-state index contributed by atoms with van der Waals surface area (Å²) < 4.78 is 5.77. The molecule has 0 radical (unpaired) electrons. The molecule has 0 aliphatic heterocycles. The van der Waals surface area contributed by atoms with Gasteiger partial charge in [0.05, 0.1) is 5.56 Å². The number of hydrogen-bond donors (Lipinski definition) is 1. The van der Waals surface area contributed by atoms with Crippen LogP contribution in [0.5, 0.6) is 5.75 Å². The summed E-state index contributed by atoms with van der Waals surface area (Å²) in [7, 11) is 0. The number of carbonyl (C=O) groups is 1. The first-order valence-electron chi connectivity index (χ1n) is 6.37. The summed E-state index contributed by atoms with van der Waals surface area (Å²) in [6, 6.07) is 14.7. The maximum absolute atomic E-state index is 11.0. The lowest BCUT2D eigenvalue weighted by atomic mass is 10.1. The molecular formula is C17H16O3. The Kier molecular flexibility index (Phi) is 4.56. The van der Waals surface area contributed by atoms with E-state index in [0.29, 0.717) is 12.4 Å². The van der Waals surface area contributed by atoms with Crippen molar-refractivity contribution in [3.63, 3.8) is 0 Å². The normalized spacial score (nSPS) is 10.7. The van der Waals surface area contributed by atoms with Crippen molar-refractivity contribution in [1.82, 2.24) is 0 Å². The molecule has 0 fully saturated rings. The highest BCUT2D eigenvalue weighted by Gasteiger charge is 2.07. The Morgan fingerprint density at radius 2 is 1.95 bits per heavy atom. The Bertz CT molecular complexity index is 615. The minimum absolute atomic E-state index is 0.255. The molecule has 0 aliphatic carbocycles. The van der Waals surface area contributed by atoms with E-state index in [0.717, 1.165) is 11.1 Å². The van der Waals surface area contributed by atoms with Crippen LogP contribution in [0.3, 0.4) is 0 Å². The topological polar surface area (TPSA) is 46.5 Å². The van der Waals surface area contributed by atoms with E-state index in [1.54, 1.807) is 18.2 Å². The molecule has 0 aromatic heterocycles. The molecule has 0 heterocycles. The lowest BCUT2D eigenvalue weighted by Crippen LogP contribution is -2.00. The van der Waals surface area contributed by atoms with Gasteiger partial charge in [0.2, 0.25) is 0 Å². The molecule has 2 aromatic rings. The number of carboxylic acid groups (broad SMARTS) is 1. The summed E-state index contributed by atoms with van der Waals surface area (Å²) in [5.41, 5.74) is 2.09. The third-order valence-electron chi connectivity index (χ3n) is 2.84. The molecular weight excluding hydrogens is 252 g/mol. The number of rotatable bonds is 5. The predicted octanol–water partition coefficient (Wildman–Crippen LogP) is 4.00. The zero-order valence-electron chi connectivity index (χ0n) is 11.2. The molecule has 0 unspecified atom stereocenters. The van der Waals surface area contributed by atoms with Crippen molar-refractivity contribution in [3.05, 3.63) is 71.3 Å². The van der Waals surface area contributed by atoms with Gasteiger partial charge in [-0.1, -0.05) is 42.5 Å². The molecule has 0 saturated heterocycles. The van der Waals surface area contributed by atoms with Crippen LogP contribution < -0.4 is 4.74 Å². The summed E-state index contributed by atoms with van der Waals surface area (Å²) in [6.07, 6.45) is 3.70. The number of carboxylic acids is 1. The fourth-order valence-corrected chi connectivity index (χ4v) is 1.86. The van der Waals surface area contributed by atoms with Gasteiger partial charge in [-0.15, -0.1) is 0 Å². The second-order valence-corrected chi connectivity index (χ2v) is 4.33. The average Bonchev–Trinajstić information content (AvgIpc) is 2.47. The number of aromatic carboxylic acids is 1. The highest BCUT2D eigenvalue weighted by molar-refractivity contribution is 5.88. The van der Waals surface area contributed by atoms with Crippen LogP contribution in [0.2, 0.25) is 0 Å². The highest BCUT2D eigenvalue weighted by atomic mass is 16.5. The van der Waals surface area contributed by atoms with Gasteiger partial charge >= 0.3 is 5.97 Å². The molecule has 0 aliphatic rings. The summed E-state index contributed by atoms with van der Waals surface area (Å²) in [5, 5.41) is 9.01. The Hall–Kier alpha value is -2.55. The Morgan fingerprint density at radius 1 is 1.20 bits per heavy atom. The molecule has 3 nitrogen and oxygen atoms in total. The molecule has 1 N–H and O–H groups in total. The number of allylic oxidation sites excluding steroid dienone is 1. The van der Waals surface area contributed by atoms with E-state index in [1.165, 1.54) is 0 Å². The quantitative estimate of drug-likeness (QED) is 0.891. The minimum atomic E-state index is -0.939. The van der Waals surface area contributed by atoms with Crippen LogP contribution in [0.4, 0.5) is 0 Å². The van der Waals surface area contributed by atoms with Crippen molar-refractivity contribution in [2.75, 3.05) is 0 Å². The average molecular weight is 268 g/mol.